The van der Waals surface area contributed by atoms with E-state index in [2.05, 4.69) is 15.6 Å². The molecule has 2 N–H and O–H groups in total. The minimum atomic E-state index is -0.118. The lowest BCUT2D eigenvalue weighted by Gasteiger charge is -2.09. The summed E-state index contributed by atoms with van der Waals surface area (Å²) in [5.74, 6) is 0.613. The van der Waals surface area contributed by atoms with Gasteiger partial charge in [-0.25, -0.2) is 0 Å². The zero-order chi connectivity index (χ0) is 17.8. The molecule has 0 aliphatic heterocycles. The first-order chi connectivity index (χ1) is 12.8. The van der Waals surface area contributed by atoms with E-state index >= 15 is 0 Å². The first-order valence-electron chi connectivity index (χ1n) is 8.25. The number of anilines is 1. The third-order valence-electron chi connectivity index (χ3n) is 4.02. The molecule has 1 aromatic carbocycles. The van der Waals surface area contributed by atoms with E-state index in [1.54, 1.807) is 29.9 Å². The molecule has 0 saturated heterocycles. The standard InChI is InChI=1S/C20H17N3O2S/c24-20(23-13-16-5-2-9-25-16)15-4-1-3-14(11-15)12-22-17-6-8-21-18-7-10-26-19(17)18/h1-11H,12-13H2,(H,21,22)(H,23,24). The van der Waals surface area contributed by atoms with Crippen LogP contribution in [0.15, 0.2) is 70.8 Å². The van der Waals surface area contributed by atoms with Crippen molar-refractivity contribution in [3.63, 3.8) is 0 Å². The van der Waals surface area contributed by atoms with Gasteiger partial charge in [-0.3, -0.25) is 9.78 Å². The molecule has 0 atom stereocenters. The third-order valence-corrected chi connectivity index (χ3v) is 4.96. The van der Waals surface area contributed by atoms with Gasteiger partial charge in [0.1, 0.15) is 5.76 Å². The van der Waals surface area contributed by atoms with Crippen molar-refractivity contribution in [3.8, 4) is 0 Å². The van der Waals surface area contributed by atoms with Crippen molar-refractivity contribution in [2.75, 3.05) is 5.32 Å². The van der Waals surface area contributed by atoms with E-state index < -0.39 is 0 Å². The number of pyridine rings is 1. The Hall–Kier alpha value is -3.12. The summed E-state index contributed by atoms with van der Waals surface area (Å²) in [6.45, 7) is 1.01. The molecular weight excluding hydrogens is 346 g/mol. The Morgan fingerprint density at radius 1 is 1.12 bits per heavy atom. The second-order valence-corrected chi connectivity index (χ2v) is 6.73. The number of hydrogen-bond acceptors (Lipinski definition) is 5. The largest absolute Gasteiger partial charge is 0.467 e. The molecule has 0 radical (unpaired) electrons. The van der Waals surface area contributed by atoms with Crippen LogP contribution < -0.4 is 10.6 Å². The molecule has 4 rings (SSSR count). The SMILES string of the molecule is O=C(NCc1ccco1)c1cccc(CNc2ccnc3ccsc23)c1. The fourth-order valence-electron chi connectivity index (χ4n) is 2.72. The van der Waals surface area contributed by atoms with Crippen molar-refractivity contribution in [2.45, 2.75) is 13.1 Å². The summed E-state index contributed by atoms with van der Waals surface area (Å²) >= 11 is 1.66. The molecule has 4 aromatic rings. The molecule has 0 fully saturated rings. The maximum atomic E-state index is 12.3. The molecule has 0 spiro atoms. The van der Waals surface area contributed by atoms with Gasteiger partial charge in [-0.2, -0.15) is 0 Å². The van der Waals surface area contributed by atoms with Gasteiger partial charge in [0.05, 0.1) is 28.7 Å². The fraction of sp³-hybridized carbons (Fsp3) is 0.100. The molecule has 130 valence electrons. The summed E-state index contributed by atoms with van der Waals surface area (Å²) < 4.78 is 6.37. The molecule has 0 aliphatic rings. The zero-order valence-electron chi connectivity index (χ0n) is 13.9. The average molecular weight is 363 g/mol. The summed E-state index contributed by atoms with van der Waals surface area (Å²) in [6.07, 6.45) is 3.40. The zero-order valence-corrected chi connectivity index (χ0v) is 14.8. The molecule has 3 aromatic heterocycles. The topological polar surface area (TPSA) is 67.2 Å². The second kappa shape index (κ2) is 7.41. The predicted molar refractivity (Wildman–Crippen MR) is 103 cm³/mol. The van der Waals surface area contributed by atoms with Crippen LogP contribution in [-0.4, -0.2) is 10.9 Å². The molecule has 1 amide bonds. The number of nitrogens with one attached hydrogen (secondary N) is 2. The minimum Gasteiger partial charge on any atom is -0.467 e. The van der Waals surface area contributed by atoms with E-state index in [9.17, 15) is 4.79 Å². The Bertz CT molecular complexity index is 1020. The number of nitrogens with zero attached hydrogens (tertiary/aromatic N) is 1. The van der Waals surface area contributed by atoms with Crippen LogP contribution in [0.25, 0.3) is 10.2 Å². The highest BCUT2D eigenvalue weighted by Crippen LogP contribution is 2.27. The van der Waals surface area contributed by atoms with Crippen LogP contribution in [0.4, 0.5) is 5.69 Å². The van der Waals surface area contributed by atoms with Gasteiger partial charge in [0.2, 0.25) is 0 Å². The highest BCUT2D eigenvalue weighted by Gasteiger charge is 2.08. The van der Waals surface area contributed by atoms with Crippen LogP contribution in [-0.2, 0) is 13.1 Å². The van der Waals surface area contributed by atoms with Crippen molar-refractivity contribution in [1.82, 2.24) is 10.3 Å². The molecule has 6 heteroatoms. The fourth-order valence-corrected chi connectivity index (χ4v) is 3.56. The van der Waals surface area contributed by atoms with Crippen molar-refractivity contribution in [3.05, 3.63) is 83.3 Å². The van der Waals surface area contributed by atoms with Crippen LogP contribution in [0.2, 0.25) is 0 Å². The Balaban J connectivity index is 1.42. The number of furan rings is 1. The van der Waals surface area contributed by atoms with E-state index in [1.807, 2.05) is 47.8 Å². The van der Waals surface area contributed by atoms with E-state index in [1.165, 1.54) is 0 Å². The maximum absolute atomic E-state index is 12.3. The highest BCUT2D eigenvalue weighted by atomic mass is 32.1. The lowest BCUT2D eigenvalue weighted by Crippen LogP contribution is -2.22. The molecule has 0 unspecified atom stereocenters. The molecule has 5 nitrogen and oxygen atoms in total. The molecule has 3 heterocycles. The number of thiophene rings is 1. The predicted octanol–water partition coefficient (Wildman–Crippen LogP) is 4.43. The van der Waals surface area contributed by atoms with Crippen molar-refractivity contribution in [2.24, 2.45) is 0 Å². The van der Waals surface area contributed by atoms with Gasteiger partial charge in [-0.05, 0) is 47.3 Å². The van der Waals surface area contributed by atoms with Crippen molar-refractivity contribution < 1.29 is 9.21 Å². The monoisotopic (exact) mass is 363 g/mol. The quantitative estimate of drug-likeness (QED) is 0.532. The number of benzene rings is 1. The number of carbonyl (C=O) groups is 1. The number of fused-ring (bicyclic) bond motifs is 1. The third kappa shape index (κ3) is 3.60. The summed E-state index contributed by atoms with van der Waals surface area (Å²) in [5, 5.41) is 8.33. The number of hydrogen-bond donors (Lipinski definition) is 2. The van der Waals surface area contributed by atoms with E-state index in [0.717, 1.165) is 27.2 Å². The van der Waals surface area contributed by atoms with E-state index in [4.69, 9.17) is 4.42 Å². The van der Waals surface area contributed by atoms with Gasteiger partial charge in [-0.1, -0.05) is 12.1 Å². The van der Waals surface area contributed by atoms with Gasteiger partial charge >= 0.3 is 0 Å². The average Bonchev–Trinajstić information content (AvgIpc) is 3.36. The molecule has 0 aliphatic carbocycles. The second-order valence-electron chi connectivity index (χ2n) is 5.81. The minimum absolute atomic E-state index is 0.118. The number of carbonyl (C=O) groups excluding carboxylic acids is 1. The van der Waals surface area contributed by atoms with E-state index in [0.29, 0.717) is 18.7 Å². The van der Waals surface area contributed by atoms with E-state index in [-0.39, 0.29) is 5.91 Å². The summed E-state index contributed by atoms with van der Waals surface area (Å²) in [4.78, 5) is 16.7. The van der Waals surface area contributed by atoms with Gasteiger partial charge < -0.3 is 15.1 Å². The summed E-state index contributed by atoms with van der Waals surface area (Å²) in [6, 6.07) is 15.2. The van der Waals surface area contributed by atoms with Crippen molar-refractivity contribution >= 4 is 33.1 Å². The molecule has 0 bridgehead atoms. The van der Waals surface area contributed by atoms with Crippen LogP contribution in [0.3, 0.4) is 0 Å². The van der Waals surface area contributed by atoms with Crippen LogP contribution >= 0.6 is 11.3 Å². The molecule has 26 heavy (non-hydrogen) atoms. The summed E-state index contributed by atoms with van der Waals surface area (Å²) in [7, 11) is 0. The van der Waals surface area contributed by atoms with Crippen molar-refractivity contribution in [1.29, 1.82) is 0 Å². The molecule has 0 saturated carbocycles. The number of amides is 1. The van der Waals surface area contributed by atoms with Gasteiger partial charge in [0.25, 0.3) is 5.91 Å². The number of rotatable bonds is 6. The first-order valence-corrected chi connectivity index (χ1v) is 9.13. The van der Waals surface area contributed by atoms with Crippen LogP contribution in [0, 0.1) is 0 Å². The van der Waals surface area contributed by atoms with Gasteiger partial charge in [-0.15, -0.1) is 11.3 Å². The Morgan fingerprint density at radius 2 is 2.08 bits per heavy atom. The smallest absolute Gasteiger partial charge is 0.251 e. The lowest BCUT2D eigenvalue weighted by atomic mass is 10.1. The Kier molecular flexibility index (Phi) is 4.66. The van der Waals surface area contributed by atoms with Crippen LogP contribution in [0.1, 0.15) is 21.7 Å². The maximum Gasteiger partial charge on any atom is 0.251 e. The van der Waals surface area contributed by atoms with Gasteiger partial charge in [0, 0.05) is 18.3 Å². The Labute approximate surface area is 154 Å². The lowest BCUT2D eigenvalue weighted by molar-refractivity contribution is 0.0948. The normalized spacial score (nSPS) is 10.8. The number of aromatic nitrogens is 1. The summed E-state index contributed by atoms with van der Waals surface area (Å²) in [5.41, 5.74) is 3.72. The molecular formula is C20H17N3O2S. The highest BCUT2D eigenvalue weighted by molar-refractivity contribution is 7.17. The van der Waals surface area contributed by atoms with Crippen LogP contribution in [0.5, 0.6) is 0 Å². The Morgan fingerprint density at radius 3 is 2.96 bits per heavy atom. The van der Waals surface area contributed by atoms with Gasteiger partial charge in [0.15, 0.2) is 0 Å². The first kappa shape index (κ1) is 16.4.